The number of rotatable bonds is 14. The molecule has 2 heterocycles. The molecule has 15 heteroatoms. The Bertz CT molecular complexity index is 1610. The zero-order valence-electron chi connectivity index (χ0n) is 22.2. The lowest BCUT2D eigenvalue weighted by molar-refractivity contribution is -0.123. The highest BCUT2D eigenvalue weighted by molar-refractivity contribution is 7.52. The lowest BCUT2D eigenvalue weighted by Crippen LogP contribution is -2.35. The molecule has 1 unspecified atom stereocenters. The molecule has 0 bridgehead atoms. The Kier molecular flexibility index (Phi) is 9.40. The van der Waals surface area contributed by atoms with E-state index in [9.17, 15) is 19.3 Å². The Morgan fingerprint density at radius 3 is 2.80 bits per heavy atom. The molecule has 0 saturated heterocycles. The summed E-state index contributed by atoms with van der Waals surface area (Å²) in [6, 6.07) is 11.7. The minimum Gasteiger partial charge on any atom is -0.413 e. The number of carbonyl (C=O) groups is 1. The van der Waals surface area contributed by atoms with Gasteiger partial charge in [-0.1, -0.05) is 36.4 Å². The molecule has 212 valence electrons. The summed E-state index contributed by atoms with van der Waals surface area (Å²) < 4.78 is 32.2. The summed E-state index contributed by atoms with van der Waals surface area (Å²) in [6.45, 7) is 0.487. The summed E-state index contributed by atoms with van der Waals surface area (Å²) in [5, 5.41) is 13.4. The number of fused-ring (bicyclic) bond motifs is 2. The second kappa shape index (κ2) is 12.9. The fraction of sp³-hybridized carbons (Fsp3) is 0.320. The molecule has 0 fully saturated rings. The highest BCUT2D eigenvalue weighted by atomic mass is 31.2. The van der Waals surface area contributed by atoms with E-state index in [-0.39, 0.29) is 37.1 Å². The van der Waals surface area contributed by atoms with E-state index in [1.165, 1.54) is 24.2 Å². The van der Waals surface area contributed by atoms with Crippen molar-refractivity contribution in [2.75, 3.05) is 33.9 Å². The maximum Gasteiger partial charge on any atom is 0.459 e. The van der Waals surface area contributed by atoms with Crippen molar-refractivity contribution < 1.29 is 28.3 Å². The number of nitrogens with zero attached hydrogens (tertiary/aromatic N) is 5. The van der Waals surface area contributed by atoms with Gasteiger partial charge in [-0.2, -0.15) is 4.98 Å². The largest absolute Gasteiger partial charge is 0.459 e. The predicted molar refractivity (Wildman–Crippen MR) is 149 cm³/mol. The summed E-state index contributed by atoms with van der Waals surface area (Å²) in [5.41, 5.74) is -0.0379. The van der Waals surface area contributed by atoms with E-state index in [1.54, 1.807) is 31.1 Å². The van der Waals surface area contributed by atoms with Gasteiger partial charge in [0.15, 0.2) is 16.9 Å². The van der Waals surface area contributed by atoms with Gasteiger partial charge in [0, 0.05) is 19.5 Å². The molecule has 0 radical (unpaired) electrons. The van der Waals surface area contributed by atoms with Crippen molar-refractivity contribution in [1.29, 1.82) is 0 Å². The first-order chi connectivity index (χ1) is 19.2. The van der Waals surface area contributed by atoms with Crippen molar-refractivity contribution >= 4 is 47.8 Å². The van der Waals surface area contributed by atoms with Crippen LogP contribution in [-0.2, 0) is 25.4 Å². The van der Waals surface area contributed by atoms with Gasteiger partial charge in [0.05, 0.1) is 31.9 Å². The molecule has 14 nitrogen and oxygen atoms in total. The quantitative estimate of drug-likeness (QED) is 0.0876. The number of aromatic amines is 1. The fourth-order valence-electron chi connectivity index (χ4n) is 3.59. The Morgan fingerprint density at radius 2 is 2.02 bits per heavy atom. The third kappa shape index (κ3) is 7.17. The SMILES string of the molecule is C[C@H](NP(=O)(OCCOCn1cnc2c(=O)[nH]c(N=CN(C)C)nc21)Oc1cccc2ccccc12)C(=O)CO. The molecule has 2 atom stereocenters. The lowest BCUT2D eigenvalue weighted by atomic mass is 10.1. The number of Topliss-reactive ketones (excluding diaryl/α,β-unsaturated/α-hetero) is 1. The molecule has 3 N–H and O–H groups in total. The molecule has 0 amide bonds. The smallest absolute Gasteiger partial charge is 0.413 e. The molecular formula is C25H30N7O7P. The van der Waals surface area contributed by atoms with Crippen LogP contribution in [0.25, 0.3) is 21.9 Å². The van der Waals surface area contributed by atoms with Crippen LogP contribution < -0.4 is 15.2 Å². The molecule has 0 aliphatic carbocycles. The average Bonchev–Trinajstić information content (AvgIpc) is 3.34. The number of aliphatic imine (C=N–C) groups is 1. The normalized spacial score (nSPS) is 14.0. The molecule has 0 aliphatic heterocycles. The number of carbonyl (C=O) groups excluding carboxylic acids is 1. The van der Waals surface area contributed by atoms with E-state index < -0.39 is 31.7 Å². The number of H-pyrrole nitrogens is 1. The second-order valence-electron chi connectivity index (χ2n) is 8.90. The van der Waals surface area contributed by atoms with Crippen LogP contribution in [0, 0.1) is 0 Å². The number of imidazole rings is 1. The van der Waals surface area contributed by atoms with E-state index in [4.69, 9.17) is 13.8 Å². The number of hydrogen-bond donors (Lipinski definition) is 3. The number of ether oxygens (including phenoxy) is 1. The Morgan fingerprint density at radius 1 is 1.25 bits per heavy atom. The highest BCUT2D eigenvalue weighted by Gasteiger charge is 2.31. The summed E-state index contributed by atoms with van der Waals surface area (Å²) in [4.78, 5) is 41.0. The Labute approximate surface area is 229 Å². The summed E-state index contributed by atoms with van der Waals surface area (Å²) in [6.07, 6.45) is 2.91. The third-order valence-electron chi connectivity index (χ3n) is 5.55. The van der Waals surface area contributed by atoms with Crippen LogP contribution in [0.2, 0.25) is 0 Å². The first kappa shape index (κ1) is 29.1. The summed E-state index contributed by atoms with van der Waals surface area (Å²) in [7, 11) is -0.527. The van der Waals surface area contributed by atoms with Crippen molar-refractivity contribution in [1.82, 2.24) is 29.5 Å². The standard InChI is InChI=1S/C25H30N7O7P/c1-17(20(34)13-33)30-40(36,39-21-10-6-8-18-7-4-5-9-19(18)21)38-12-11-37-16-32-15-26-22-23(32)28-25(29-24(22)35)27-14-31(2)3/h4-10,14-15,17,33H,11-13,16H2,1-3H3,(H,30,36)(H,28,29,35)/t17-,40?/m0/s1. The van der Waals surface area contributed by atoms with Crippen molar-refractivity contribution in [3.05, 3.63) is 59.1 Å². The van der Waals surface area contributed by atoms with Crippen molar-refractivity contribution in [3.8, 4) is 5.75 Å². The Balaban J connectivity index is 1.43. The molecular weight excluding hydrogens is 541 g/mol. The minimum atomic E-state index is -4.10. The Hall–Kier alpha value is -3.94. The van der Waals surface area contributed by atoms with Gasteiger partial charge in [0.1, 0.15) is 19.1 Å². The molecule has 2 aromatic carbocycles. The van der Waals surface area contributed by atoms with E-state index in [0.29, 0.717) is 11.1 Å². The molecule has 0 spiro atoms. The zero-order chi connectivity index (χ0) is 28.7. The number of aromatic nitrogens is 4. The number of nitrogens with one attached hydrogen (secondary N) is 2. The van der Waals surface area contributed by atoms with Gasteiger partial charge in [0.25, 0.3) is 5.56 Å². The van der Waals surface area contributed by atoms with Crippen molar-refractivity contribution in [3.63, 3.8) is 0 Å². The third-order valence-corrected chi connectivity index (χ3v) is 7.21. The van der Waals surface area contributed by atoms with Crippen LogP contribution >= 0.6 is 7.75 Å². The van der Waals surface area contributed by atoms with E-state index in [2.05, 4.69) is 25.0 Å². The van der Waals surface area contributed by atoms with Gasteiger partial charge in [-0.3, -0.25) is 23.7 Å². The maximum atomic E-state index is 13.7. The van der Waals surface area contributed by atoms with Gasteiger partial charge in [0.2, 0.25) is 5.95 Å². The number of ketones is 1. The zero-order valence-corrected chi connectivity index (χ0v) is 23.1. The number of aliphatic hydroxyl groups excluding tert-OH is 1. The predicted octanol–water partition coefficient (Wildman–Crippen LogP) is 2.21. The van der Waals surface area contributed by atoms with Gasteiger partial charge in [-0.25, -0.2) is 19.6 Å². The summed E-state index contributed by atoms with van der Waals surface area (Å²) in [5.74, 6) is -0.168. The molecule has 40 heavy (non-hydrogen) atoms. The average molecular weight is 572 g/mol. The first-order valence-corrected chi connectivity index (χ1v) is 13.8. The fourth-order valence-corrected chi connectivity index (χ4v) is 5.12. The number of hydrogen-bond acceptors (Lipinski definition) is 10. The number of benzene rings is 2. The molecule has 2 aromatic heterocycles. The topological polar surface area (TPSA) is 173 Å². The monoisotopic (exact) mass is 571 g/mol. The van der Waals surface area contributed by atoms with Crippen LogP contribution in [-0.4, -0.2) is 81.6 Å². The van der Waals surface area contributed by atoms with Crippen LogP contribution in [0.5, 0.6) is 5.75 Å². The van der Waals surface area contributed by atoms with Gasteiger partial charge in [-0.05, 0) is 18.4 Å². The minimum absolute atomic E-state index is 0.0264. The first-order valence-electron chi connectivity index (χ1n) is 12.3. The van der Waals surface area contributed by atoms with E-state index in [0.717, 1.165) is 5.39 Å². The summed E-state index contributed by atoms with van der Waals surface area (Å²) >= 11 is 0. The van der Waals surface area contributed by atoms with Crippen LogP contribution in [0.4, 0.5) is 5.95 Å². The van der Waals surface area contributed by atoms with Gasteiger partial charge in [-0.15, -0.1) is 0 Å². The maximum absolute atomic E-state index is 13.7. The van der Waals surface area contributed by atoms with Crippen molar-refractivity contribution in [2.45, 2.75) is 19.7 Å². The lowest BCUT2D eigenvalue weighted by Gasteiger charge is -2.23. The van der Waals surface area contributed by atoms with Crippen LogP contribution in [0.3, 0.4) is 0 Å². The molecule has 0 saturated carbocycles. The molecule has 4 rings (SSSR count). The van der Waals surface area contributed by atoms with Crippen LogP contribution in [0.15, 0.2) is 58.6 Å². The molecule has 4 aromatic rings. The van der Waals surface area contributed by atoms with E-state index in [1.807, 2.05) is 30.3 Å². The van der Waals surface area contributed by atoms with Crippen molar-refractivity contribution in [2.24, 2.45) is 4.99 Å². The van der Waals surface area contributed by atoms with Gasteiger partial charge >= 0.3 is 7.75 Å². The molecule has 0 aliphatic rings. The highest BCUT2D eigenvalue weighted by Crippen LogP contribution is 2.46. The number of aliphatic hydroxyl groups is 1. The van der Waals surface area contributed by atoms with Crippen LogP contribution in [0.1, 0.15) is 6.92 Å². The van der Waals surface area contributed by atoms with Gasteiger partial charge < -0.3 is 19.3 Å². The van der Waals surface area contributed by atoms with E-state index >= 15 is 0 Å². The second-order valence-corrected chi connectivity index (χ2v) is 10.6.